The molecule has 0 atom stereocenters. The van der Waals surface area contributed by atoms with Crippen molar-refractivity contribution in [3.8, 4) is 17.1 Å². The van der Waals surface area contributed by atoms with Gasteiger partial charge in [0.1, 0.15) is 11.3 Å². The van der Waals surface area contributed by atoms with Crippen LogP contribution in [0.2, 0.25) is 0 Å². The van der Waals surface area contributed by atoms with E-state index in [9.17, 15) is 0 Å². The lowest BCUT2D eigenvalue weighted by Gasteiger charge is -2.22. The Morgan fingerprint density at radius 2 is 1.24 bits per heavy atom. The van der Waals surface area contributed by atoms with Gasteiger partial charge in [0.25, 0.3) is 5.95 Å². The zero-order chi connectivity index (χ0) is 24.1. The molecule has 0 N–H and O–H groups in total. The highest BCUT2D eigenvalue weighted by atomic mass is 16.6. The molecule has 0 fully saturated rings. The van der Waals surface area contributed by atoms with Gasteiger partial charge in [-0.25, -0.2) is 0 Å². The first-order valence-corrected chi connectivity index (χ1v) is 11.9. The summed E-state index contributed by atoms with van der Waals surface area (Å²) in [5.41, 5.74) is 7.47. The van der Waals surface area contributed by atoms with Crippen LogP contribution in [0.15, 0.2) is 89.0 Å². The van der Waals surface area contributed by atoms with Gasteiger partial charge in [0.05, 0.1) is 5.56 Å². The van der Waals surface area contributed by atoms with Crippen LogP contribution in [0, 0.1) is 5.41 Å². The zero-order valence-electron chi connectivity index (χ0n) is 20.9. The van der Waals surface area contributed by atoms with E-state index in [4.69, 9.17) is 9.15 Å². The van der Waals surface area contributed by atoms with Crippen LogP contribution >= 0.6 is 0 Å². The molecule has 2 heterocycles. The van der Waals surface area contributed by atoms with E-state index in [-0.39, 0.29) is 10.8 Å². The summed E-state index contributed by atoms with van der Waals surface area (Å²) in [5.74, 6) is 1.46. The monoisotopic (exact) mass is 448 g/mol. The fourth-order valence-electron chi connectivity index (χ4n) is 4.40. The molecule has 0 amide bonds. The van der Waals surface area contributed by atoms with Gasteiger partial charge in [-0.3, -0.25) is 0 Å². The molecule has 0 unspecified atom stereocenters. The molecule has 1 aliphatic heterocycles. The maximum absolute atomic E-state index is 6.52. The summed E-state index contributed by atoms with van der Waals surface area (Å²) in [4.78, 5) is 0. The molecule has 0 radical (unpaired) electrons. The normalized spacial score (nSPS) is 14.2. The predicted octanol–water partition coefficient (Wildman–Crippen LogP) is 9.26. The molecule has 5 rings (SSSR count). The Balaban J connectivity index is 1.82. The van der Waals surface area contributed by atoms with E-state index < -0.39 is 0 Å². The molecule has 2 nitrogen and oxygen atoms in total. The summed E-state index contributed by atoms with van der Waals surface area (Å²) in [7, 11) is 0. The number of fused-ring (bicyclic) bond motifs is 3. The Morgan fingerprint density at radius 3 is 1.82 bits per heavy atom. The largest absolute Gasteiger partial charge is 0.429 e. The van der Waals surface area contributed by atoms with Crippen molar-refractivity contribution in [3.05, 3.63) is 101 Å². The average Bonchev–Trinajstić information content (AvgIpc) is 3.01. The van der Waals surface area contributed by atoms with Crippen molar-refractivity contribution in [2.45, 2.75) is 47.0 Å². The van der Waals surface area contributed by atoms with Gasteiger partial charge in [-0.2, -0.15) is 0 Å². The zero-order valence-corrected chi connectivity index (χ0v) is 20.9. The maximum Gasteiger partial charge on any atom is 0.298 e. The number of ether oxygens (including phenoxy) is 1. The molecule has 0 saturated heterocycles. The highest BCUT2D eigenvalue weighted by Gasteiger charge is 2.29. The predicted molar refractivity (Wildman–Crippen MR) is 143 cm³/mol. The minimum absolute atomic E-state index is 0.0891. The Kier molecular flexibility index (Phi) is 5.28. The SMILES string of the molecule is CC(C)(C)C1=CC(c2ccccc2)=Cc2c(oc3c(C(C)(C)C)cc(-c4ccccc4)cc23)O1. The van der Waals surface area contributed by atoms with Crippen LogP contribution in [0.5, 0.6) is 5.95 Å². The first-order chi connectivity index (χ1) is 16.1. The molecule has 3 aromatic carbocycles. The summed E-state index contributed by atoms with van der Waals surface area (Å²) in [6.45, 7) is 13.2. The Labute approximate surface area is 202 Å². The van der Waals surface area contributed by atoms with Crippen molar-refractivity contribution >= 4 is 22.6 Å². The lowest BCUT2D eigenvalue weighted by Crippen LogP contribution is -2.14. The molecule has 0 spiro atoms. The van der Waals surface area contributed by atoms with Crippen molar-refractivity contribution in [3.63, 3.8) is 0 Å². The lowest BCUT2D eigenvalue weighted by atomic mass is 9.83. The second-order valence-corrected chi connectivity index (χ2v) is 11.1. The van der Waals surface area contributed by atoms with Crippen molar-refractivity contribution < 1.29 is 9.15 Å². The number of furan rings is 1. The van der Waals surface area contributed by atoms with E-state index in [1.165, 1.54) is 16.7 Å². The number of rotatable bonds is 2. The van der Waals surface area contributed by atoms with E-state index in [1.54, 1.807) is 0 Å². The Hall–Kier alpha value is -3.52. The van der Waals surface area contributed by atoms with Gasteiger partial charge in [0.15, 0.2) is 0 Å². The van der Waals surface area contributed by atoms with E-state index in [0.717, 1.165) is 33.4 Å². The van der Waals surface area contributed by atoms with Crippen LogP contribution in [0.4, 0.5) is 0 Å². The van der Waals surface area contributed by atoms with Gasteiger partial charge in [0, 0.05) is 16.4 Å². The number of hydrogen-bond donors (Lipinski definition) is 0. The van der Waals surface area contributed by atoms with Crippen LogP contribution in [-0.4, -0.2) is 0 Å². The number of benzene rings is 3. The Bertz CT molecular complexity index is 1400. The minimum Gasteiger partial charge on any atom is -0.429 e. The molecule has 2 heteroatoms. The average molecular weight is 449 g/mol. The summed E-state index contributed by atoms with van der Waals surface area (Å²) in [5, 5.41) is 1.08. The molecule has 0 aliphatic carbocycles. The number of hydrogen-bond acceptors (Lipinski definition) is 2. The van der Waals surface area contributed by atoms with Gasteiger partial charge in [-0.1, -0.05) is 102 Å². The second-order valence-electron chi connectivity index (χ2n) is 11.1. The van der Waals surface area contributed by atoms with Gasteiger partial charge in [-0.05, 0) is 52.0 Å². The van der Waals surface area contributed by atoms with Gasteiger partial charge in [-0.15, -0.1) is 0 Å². The smallest absolute Gasteiger partial charge is 0.298 e. The van der Waals surface area contributed by atoms with Gasteiger partial charge < -0.3 is 9.15 Å². The van der Waals surface area contributed by atoms with E-state index in [0.29, 0.717) is 5.95 Å². The van der Waals surface area contributed by atoms with Crippen molar-refractivity contribution in [1.29, 1.82) is 0 Å². The quantitative estimate of drug-likeness (QED) is 0.305. The minimum atomic E-state index is -0.170. The molecular formula is C32H32O2. The van der Waals surface area contributed by atoms with Gasteiger partial charge in [0.2, 0.25) is 0 Å². The van der Waals surface area contributed by atoms with Crippen molar-refractivity contribution in [1.82, 2.24) is 0 Å². The number of allylic oxidation sites excluding steroid dienone is 3. The van der Waals surface area contributed by atoms with Crippen LogP contribution in [0.25, 0.3) is 33.7 Å². The van der Waals surface area contributed by atoms with Crippen molar-refractivity contribution in [2.75, 3.05) is 0 Å². The van der Waals surface area contributed by atoms with Gasteiger partial charge >= 0.3 is 0 Å². The third-order valence-corrected chi connectivity index (χ3v) is 6.34. The molecule has 0 saturated carbocycles. The third kappa shape index (κ3) is 4.09. The highest BCUT2D eigenvalue weighted by molar-refractivity contribution is 6.01. The highest BCUT2D eigenvalue weighted by Crippen LogP contribution is 2.46. The first-order valence-electron chi connectivity index (χ1n) is 11.9. The molecule has 1 aliphatic rings. The molecule has 172 valence electrons. The molecule has 4 aromatic rings. The summed E-state index contributed by atoms with van der Waals surface area (Å²) in [6.07, 6.45) is 4.37. The van der Waals surface area contributed by atoms with Crippen molar-refractivity contribution in [2.24, 2.45) is 5.41 Å². The molecule has 0 bridgehead atoms. The van der Waals surface area contributed by atoms with Crippen LogP contribution < -0.4 is 4.74 Å². The first kappa shape index (κ1) is 22.3. The molecule has 1 aromatic heterocycles. The van der Waals surface area contributed by atoms with E-state index in [1.807, 2.05) is 6.07 Å². The van der Waals surface area contributed by atoms with E-state index >= 15 is 0 Å². The van der Waals surface area contributed by atoms with Crippen LogP contribution in [0.3, 0.4) is 0 Å². The standard InChI is InChI=1S/C32H32O2/c1-31(2,3)27-19-23(21-13-9-7-10-14-21)17-25-26-18-24(22-15-11-8-12-16-22)20-28(32(4,5)6)33-30(26)34-29(25)27/h7-20H,1-6H3. The topological polar surface area (TPSA) is 22.4 Å². The molecular weight excluding hydrogens is 416 g/mol. The second kappa shape index (κ2) is 8.06. The summed E-state index contributed by atoms with van der Waals surface area (Å²) >= 11 is 0. The Morgan fingerprint density at radius 1 is 0.618 bits per heavy atom. The fraction of sp³-hybridized carbons (Fsp3) is 0.250. The van der Waals surface area contributed by atoms with Crippen LogP contribution in [0.1, 0.15) is 58.2 Å². The van der Waals surface area contributed by atoms with E-state index in [2.05, 4.69) is 120 Å². The third-order valence-electron chi connectivity index (χ3n) is 6.34. The fourth-order valence-corrected chi connectivity index (χ4v) is 4.40. The molecule has 34 heavy (non-hydrogen) atoms. The lowest BCUT2D eigenvalue weighted by molar-refractivity contribution is 0.246. The summed E-state index contributed by atoms with van der Waals surface area (Å²) < 4.78 is 13.0. The maximum atomic E-state index is 6.52. The van der Waals surface area contributed by atoms with Crippen LogP contribution in [-0.2, 0) is 5.41 Å². The summed E-state index contributed by atoms with van der Waals surface area (Å²) in [6, 6.07) is 25.5.